The SMILES string of the molecule is CCNC1CC(Oc2ccc(Cl)cc2Cl)C1OCC. The van der Waals surface area contributed by atoms with Crippen molar-refractivity contribution in [3.8, 4) is 5.75 Å². The number of benzene rings is 1. The third-order valence-corrected chi connectivity index (χ3v) is 3.78. The zero-order chi connectivity index (χ0) is 13.8. The average Bonchev–Trinajstić information content (AvgIpc) is 2.37. The molecule has 0 saturated heterocycles. The molecule has 3 atom stereocenters. The zero-order valence-electron chi connectivity index (χ0n) is 11.2. The summed E-state index contributed by atoms with van der Waals surface area (Å²) in [4.78, 5) is 0. The van der Waals surface area contributed by atoms with Crippen LogP contribution in [0.3, 0.4) is 0 Å². The Morgan fingerprint density at radius 2 is 2.11 bits per heavy atom. The molecule has 0 radical (unpaired) electrons. The van der Waals surface area contributed by atoms with E-state index in [2.05, 4.69) is 12.2 Å². The minimum Gasteiger partial charge on any atom is -0.486 e. The lowest BCUT2D eigenvalue weighted by Crippen LogP contribution is -2.61. The number of halogens is 2. The molecule has 1 N–H and O–H groups in total. The third kappa shape index (κ3) is 3.54. The summed E-state index contributed by atoms with van der Waals surface area (Å²) >= 11 is 12.0. The summed E-state index contributed by atoms with van der Waals surface area (Å²) in [5.41, 5.74) is 0. The van der Waals surface area contributed by atoms with Crippen LogP contribution in [0.5, 0.6) is 5.75 Å². The molecule has 19 heavy (non-hydrogen) atoms. The third-order valence-electron chi connectivity index (χ3n) is 3.25. The van der Waals surface area contributed by atoms with Crippen LogP contribution in [0.2, 0.25) is 10.0 Å². The molecule has 1 saturated carbocycles. The lowest BCUT2D eigenvalue weighted by atomic mass is 9.85. The summed E-state index contributed by atoms with van der Waals surface area (Å²) in [6.07, 6.45) is 1.05. The van der Waals surface area contributed by atoms with Gasteiger partial charge in [-0.2, -0.15) is 0 Å². The second-order valence-electron chi connectivity index (χ2n) is 4.55. The first-order chi connectivity index (χ1) is 9.15. The van der Waals surface area contributed by atoms with Gasteiger partial charge in [-0.1, -0.05) is 30.1 Å². The second-order valence-corrected chi connectivity index (χ2v) is 5.39. The molecule has 0 bridgehead atoms. The lowest BCUT2D eigenvalue weighted by Gasteiger charge is -2.44. The first-order valence-electron chi connectivity index (χ1n) is 6.62. The maximum atomic E-state index is 6.11. The van der Waals surface area contributed by atoms with E-state index in [9.17, 15) is 0 Å². The van der Waals surface area contributed by atoms with Gasteiger partial charge in [0.1, 0.15) is 18.0 Å². The van der Waals surface area contributed by atoms with Crippen LogP contribution in [0.25, 0.3) is 0 Å². The van der Waals surface area contributed by atoms with Crippen LogP contribution in [-0.4, -0.2) is 31.4 Å². The average molecular weight is 304 g/mol. The van der Waals surface area contributed by atoms with Gasteiger partial charge in [-0.15, -0.1) is 0 Å². The van der Waals surface area contributed by atoms with Crippen LogP contribution in [0, 0.1) is 0 Å². The molecule has 0 heterocycles. The molecular weight excluding hydrogens is 285 g/mol. The molecule has 0 aliphatic heterocycles. The Kier molecular flexibility index (Phi) is 5.34. The smallest absolute Gasteiger partial charge is 0.138 e. The van der Waals surface area contributed by atoms with E-state index in [-0.39, 0.29) is 12.2 Å². The summed E-state index contributed by atoms with van der Waals surface area (Å²) in [6, 6.07) is 5.63. The molecule has 1 fully saturated rings. The zero-order valence-corrected chi connectivity index (χ0v) is 12.7. The molecule has 106 valence electrons. The highest BCUT2D eigenvalue weighted by Crippen LogP contribution is 2.34. The van der Waals surface area contributed by atoms with E-state index in [0.29, 0.717) is 28.4 Å². The standard InChI is InChI=1S/C14H19Cl2NO2/c1-3-17-11-8-13(14(11)18-4-2)19-12-6-5-9(15)7-10(12)16/h5-7,11,13-14,17H,3-4,8H2,1-2H3. The van der Waals surface area contributed by atoms with Crippen LogP contribution in [0.4, 0.5) is 0 Å². The Morgan fingerprint density at radius 3 is 2.74 bits per heavy atom. The van der Waals surface area contributed by atoms with Crippen molar-refractivity contribution in [1.82, 2.24) is 5.32 Å². The van der Waals surface area contributed by atoms with Crippen molar-refractivity contribution >= 4 is 23.2 Å². The van der Waals surface area contributed by atoms with Crippen LogP contribution < -0.4 is 10.1 Å². The molecule has 2 rings (SSSR count). The highest BCUT2D eigenvalue weighted by molar-refractivity contribution is 6.35. The summed E-state index contributed by atoms with van der Waals surface area (Å²) < 4.78 is 11.7. The molecule has 5 heteroatoms. The molecule has 0 aromatic heterocycles. The first-order valence-corrected chi connectivity index (χ1v) is 7.38. The molecule has 0 amide bonds. The van der Waals surface area contributed by atoms with Crippen molar-refractivity contribution in [1.29, 1.82) is 0 Å². The minimum atomic E-state index is 0.0441. The Morgan fingerprint density at radius 1 is 1.32 bits per heavy atom. The van der Waals surface area contributed by atoms with Gasteiger partial charge in [-0.05, 0) is 31.7 Å². The predicted molar refractivity (Wildman–Crippen MR) is 78.4 cm³/mol. The van der Waals surface area contributed by atoms with Crippen molar-refractivity contribution in [2.24, 2.45) is 0 Å². The van der Waals surface area contributed by atoms with Crippen molar-refractivity contribution in [3.05, 3.63) is 28.2 Å². The lowest BCUT2D eigenvalue weighted by molar-refractivity contribution is -0.104. The summed E-state index contributed by atoms with van der Waals surface area (Å²) in [5, 5.41) is 4.54. The molecule has 1 aliphatic rings. The van der Waals surface area contributed by atoms with Crippen molar-refractivity contribution in [2.45, 2.75) is 38.5 Å². The quantitative estimate of drug-likeness (QED) is 0.872. The number of hydrogen-bond acceptors (Lipinski definition) is 3. The second kappa shape index (κ2) is 6.80. The fourth-order valence-corrected chi connectivity index (χ4v) is 2.76. The van der Waals surface area contributed by atoms with E-state index in [1.165, 1.54) is 0 Å². The van der Waals surface area contributed by atoms with Gasteiger partial charge in [0.05, 0.1) is 5.02 Å². The van der Waals surface area contributed by atoms with E-state index in [0.717, 1.165) is 13.0 Å². The summed E-state index contributed by atoms with van der Waals surface area (Å²) in [5.74, 6) is 0.663. The summed E-state index contributed by atoms with van der Waals surface area (Å²) in [6.45, 7) is 5.70. The Balaban J connectivity index is 1.98. The fourth-order valence-electron chi connectivity index (χ4n) is 2.31. The first kappa shape index (κ1) is 14.9. The monoisotopic (exact) mass is 303 g/mol. The van der Waals surface area contributed by atoms with Gasteiger partial charge in [-0.25, -0.2) is 0 Å². The number of hydrogen-bond donors (Lipinski definition) is 1. The number of ether oxygens (including phenoxy) is 2. The van der Waals surface area contributed by atoms with Gasteiger partial charge >= 0.3 is 0 Å². The fraction of sp³-hybridized carbons (Fsp3) is 0.571. The normalized spacial score (nSPS) is 26.0. The highest BCUT2D eigenvalue weighted by atomic mass is 35.5. The van der Waals surface area contributed by atoms with Crippen molar-refractivity contribution in [2.75, 3.05) is 13.2 Å². The van der Waals surface area contributed by atoms with E-state index < -0.39 is 0 Å². The molecule has 3 nitrogen and oxygen atoms in total. The Hall–Kier alpha value is -0.480. The maximum absolute atomic E-state index is 6.11. The molecule has 0 spiro atoms. The molecule has 1 aromatic rings. The highest BCUT2D eigenvalue weighted by Gasteiger charge is 2.43. The molecular formula is C14H19Cl2NO2. The van der Waals surface area contributed by atoms with Crippen LogP contribution in [0.1, 0.15) is 20.3 Å². The van der Waals surface area contributed by atoms with E-state index in [4.69, 9.17) is 32.7 Å². The Bertz CT molecular complexity index is 428. The van der Waals surface area contributed by atoms with E-state index in [1.54, 1.807) is 18.2 Å². The Labute approximate surface area is 124 Å². The van der Waals surface area contributed by atoms with Crippen molar-refractivity contribution < 1.29 is 9.47 Å². The maximum Gasteiger partial charge on any atom is 0.138 e. The minimum absolute atomic E-state index is 0.0441. The molecule has 1 aromatic carbocycles. The van der Waals surface area contributed by atoms with E-state index >= 15 is 0 Å². The van der Waals surface area contributed by atoms with Gasteiger partial charge in [0.25, 0.3) is 0 Å². The molecule has 3 unspecified atom stereocenters. The largest absolute Gasteiger partial charge is 0.486 e. The van der Waals surface area contributed by atoms with Crippen LogP contribution >= 0.6 is 23.2 Å². The topological polar surface area (TPSA) is 30.5 Å². The summed E-state index contributed by atoms with van der Waals surface area (Å²) in [7, 11) is 0. The number of rotatable bonds is 6. The number of likely N-dealkylation sites (N-methyl/N-ethyl adjacent to an activating group) is 1. The van der Waals surface area contributed by atoms with Gasteiger partial charge in [-0.3, -0.25) is 0 Å². The van der Waals surface area contributed by atoms with Gasteiger partial charge in [0, 0.05) is 24.1 Å². The van der Waals surface area contributed by atoms with Crippen LogP contribution in [0.15, 0.2) is 18.2 Å². The van der Waals surface area contributed by atoms with Gasteiger partial charge < -0.3 is 14.8 Å². The van der Waals surface area contributed by atoms with Gasteiger partial charge in [0.15, 0.2) is 0 Å². The number of nitrogens with one attached hydrogen (secondary N) is 1. The molecule has 1 aliphatic carbocycles. The van der Waals surface area contributed by atoms with Crippen LogP contribution in [-0.2, 0) is 4.74 Å². The van der Waals surface area contributed by atoms with Gasteiger partial charge in [0.2, 0.25) is 0 Å². The van der Waals surface area contributed by atoms with Crippen molar-refractivity contribution in [3.63, 3.8) is 0 Å². The predicted octanol–water partition coefficient (Wildman–Crippen LogP) is 3.53. The van der Waals surface area contributed by atoms with E-state index in [1.807, 2.05) is 6.92 Å².